The van der Waals surface area contributed by atoms with Crippen LogP contribution in [0.4, 0.5) is 0 Å². The van der Waals surface area contributed by atoms with Crippen LogP contribution in [0.1, 0.15) is 25.0 Å². The fraction of sp³-hybridized carbons (Fsp3) is 0.385. The number of aliphatic hydroxyl groups is 2. The molecule has 102 valence electrons. The van der Waals surface area contributed by atoms with E-state index in [0.717, 1.165) is 5.52 Å². The summed E-state index contributed by atoms with van der Waals surface area (Å²) in [6.45, 7) is 1.73. The predicted octanol–water partition coefficient (Wildman–Crippen LogP) is 0.483. The molecular formula is C13H17N3O3. The standard InChI is InChI=1S/C13H17N3O3/c1-8(17)14-6-5-11(18)13(19)9-3-2-4-10-12(9)16-7-15-10/h2-4,7,11,13,18-19H,5-6H2,1H3,(H,14,17)(H,15,16). The van der Waals surface area contributed by atoms with E-state index in [0.29, 0.717) is 17.6 Å². The van der Waals surface area contributed by atoms with Crippen LogP contribution < -0.4 is 5.32 Å². The number of aromatic amines is 1. The number of hydrogen-bond donors (Lipinski definition) is 4. The monoisotopic (exact) mass is 263 g/mol. The first kappa shape index (κ1) is 13.5. The van der Waals surface area contributed by atoms with E-state index in [4.69, 9.17) is 0 Å². The molecule has 1 aromatic heterocycles. The van der Waals surface area contributed by atoms with E-state index < -0.39 is 12.2 Å². The SMILES string of the molecule is CC(=O)NCCC(O)C(O)c1cccc2[nH]cnc12. The molecule has 0 radical (unpaired) electrons. The Labute approximate surface area is 110 Å². The quantitative estimate of drug-likeness (QED) is 0.630. The number of fused-ring (bicyclic) bond motifs is 1. The van der Waals surface area contributed by atoms with Crippen molar-refractivity contribution in [2.45, 2.75) is 25.6 Å². The Morgan fingerprint density at radius 3 is 3.00 bits per heavy atom. The maximum absolute atomic E-state index is 10.7. The molecule has 0 aliphatic heterocycles. The molecule has 0 saturated heterocycles. The molecule has 19 heavy (non-hydrogen) atoms. The van der Waals surface area contributed by atoms with Gasteiger partial charge in [-0.3, -0.25) is 4.79 Å². The van der Waals surface area contributed by atoms with Crippen LogP contribution in [0.2, 0.25) is 0 Å². The van der Waals surface area contributed by atoms with Crippen LogP contribution >= 0.6 is 0 Å². The van der Waals surface area contributed by atoms with Crippen molar-refractivity contribution in [3.63, 3.8) is 0 Å². The molecule has 0 spiro atoms. The van der Waals surface area contributed by atoms with Crippen LogP contribution in [-0.4, -0.2) is 38.7 Å². The highest BCUT2D eigenvalue weighted by Gasteiger charge is 2.21. The van der Waals surface area contributed by atoms with Crippen molar-refractivity contribution >= 4 is 16.9 Å². The third-order valence-electron chi connectivity index (χ3n) is 2.98. The zero-order chi connectivity index (χ0) is 13.8. The molecule has 0 aliphatic rings. The van der Waals surface area contributed by atoms with Gasteiger partial charge < -0.3 is 20.5 Å². The highest BCUT2D eigenvalue weighted by Crippen LogP contribution is 2.25. The second kappa shape index (κ2) is 5.81. The van der Waals surface area contributed by atoms with Crippen molar-refractivity contribution in [1.29, 1.82) is 0 Å². The first-order valence-electron chi connectivity index (χ1n) is 6.12. The molecule has 0 saturated carbocycles. The van der Waals surface area contributed by atoms with Crippen LogP contribution in [0.25, 0.3) is 11.0 Å². The summed E-state index contributed by atoms with van der Waals surface area (Å²) in [7, 11) is 0. The van der Waals surface area contributed by atoms with E-state index in [-0.39, 0.29) is 12.3 Å². The first-order valence-corrected chi connectivity index (χ1v) is 6.12. The van der Waals surface area contributed by atoms with Crippen molar-refractivity contribution in [1.82, 2.24) is 15.3 Å². The van der Waals surface area contributed by atoms with Gasteiger partial charge in [-0.05, 0) is 12.5 Å². The summed E-state index contributed by atoms with van der Waals surface area (Å²) >= 11 is 0. The van der Waals surface area contributed by atoms with Gasteiger partial charge in [-0.15, -0.1) is 0 Å². The molecular weight excluding hydrogens is 246 g/mol. The van der Waals surface area contributed by atoms with Gasteiger partial charge in [0, 0.05) is 19.0 Å². The molecule has 1 heterocycles. The Morgan fingerprint density at radius 2 is 2.26 bits per heavy atom. The number of carbonyl (C=O) groups excluding carboxylic acids is 1. The Hall–Kier alpha value is -1.92. The number of nitrogens with one attached hydrogen (secondary N) is 2. The number of amides is 1. The number of benzene rings is 1. The Bertz CT molecular complexity index is 567. The lowest BCUT2D eigenvalue weighted by Gasteiger charge is -2.18. The normalized spacial score (nSPS) is 14.3. The van der Waals surface area contributed by atoms with Crippen LogP contribution in [0, 0.1) is 0 Å². The van der Waals surface area contributed by atoms with Gasteiger partial charge in [-0.2, -0.15) is 0 Å². The topological polar surface area (TPSA) is 98.2 Å². The molecule has 0 aliphatic carbocycles. The van der Waals surface area contributed by atoms with Gasteiger partial charge in [-0.1, -0.05) is 12.1 Å². The van der Waals surface area contributed by atoms with Gasteiger partial charge >= 0.3 is 0 Å². The number of hydrogen-bond acceptors (Lipinski definition) is 4. The van der Waals surface area contributed by atoms with Crippen molar-refractivity contribution in [3.05, 3.63) is 30.1 Å². The summed E-state index contributed by atoms with van der Waals surface area (Å²) in [5, 5.41) is 22.7. The Kier molecular flexibility index (Phi) is 4.13. The Balaban J connectivity index is 2.08. The van der Waals surface area contributed by atoms with Gasteiger partial charge in [0.25, 0.3) is 0 Å². The molecule has 2 unspecified atom stereocenters. The van der Waals surface area contributed by atoms with Gasteiger partial charge in [0.15, 0.2) is 0 Å². The van der Waals surface area contributed by atoms with E-state index in [2.05, 4.69) is 15.3 Å². The minimum absolute atomic E-state index is 0.156. The van der Waals surface area contributed by atoms with E-state index in [9.17, 15) is 15.0 Å². The van der Waals surface area contributed by atoms with Gasteiger partial charge in [-0.25, -0.2) is 4.98 Å². The number of nitrogens with zero attached hydrogens (tertiary/aromatic N) is 1. The molecule has 6 nitrogen and oxygen atoms in total. The van der Waals surface area contributed by atoms with Crippen molar-refractivity contribution in [3.8, 4) is 0 Å². The maximum atomic E-state index is 10.7. The molecule has 2 aromatic rings. The molecule has 4 N–H and O–H groups in total. The zero-order valence-corrected chi connectivity index (χ0v) is 10.6. The van der Waals surface area contributed by atoms with Crippen LogP contribution in [0.5, 0.6) is 0 Å². The number of imidazole rings is 1. The highest BCUT2D eigenvalue weighted by molar-refractivity contribution is 5.78. The fourth-order valence-electron chi connectivity index (χ4n) is 1.99. The van der Waals surface area contributed by atoms with E-state index in [1.54, 1.807) is 18.5 Å². The zero-order valence-electron chi connectivity index (χ0n) is 10.6. The van der Waals surface area contributed by atoms with Crippen LogP contribution in [-0.2, 0) is 4.79 Å². The minimum atomic E-state index is -1.03. The number of rotatable bonds is 5. The van der Waals surface area contributed by atoms with Gasteiger partial charge in [0.2, 0.25) is 5.91 Å². The molecule has 0 bridgehead atoms. The van der Waals surface area contributed by atoms with Crippen molar-refractivity contribution in [2.75, 3.05) is 6.54 Å². The Morgan fingerprint density at radius 1 is 1.47 bits per heavy atom. The van der Waals surface area contributed by atoms with Crippen LogP contribution in [0.3, 0.4) is 0 Å². The van der Waals surface area contributed by atoms with E-state index >= 15 is 0 Å². The van der Waals surface area contributed by atoms with Crippen LogP contribution in [0.15, 0.2) is 24.5 Å². The summed E-state index contributed by atoms with van der Waals surface area (Å²) in [5.74, 6) is -0.156. The molecule has 1 aromatic carbocycles. The number of aliphatic hydroxyl groups excluding tert-OH is 2. The third kappa shape index (κ3) is 3.10. The molecule has 6 heteroatoms. The largest absolute Gasteiger partial charge is 0.390 e. The second-order valence-electron chi connectivity index (χ2n) is 4.43. The lowest BCUT2D eigenvalue weighted by molar-refractivity contribution is -0.119. The third-order valence-corrected chi connectivity index (χ3v) is 2.98. The summed E-state index contributed by atoms with van der Waals surface area (Å²) in [6.07, 6.45) is -0.151. The highest BCUT2D eigenvalue weighted by atomic mass is 16.3. The maximum Gasteiger partial charge on any atom is 0.216 e. The van der Waals surface area contributed by atoms with Gasteiger partial charge in [0.05, 0.1) is 23.5 Å². The second-order valence-corrected chi connectivity index (χ2v) is 4.43. The fourth-order valence-corrected chi connectivity index (χ4v) is 1.99. The summed E-state index contributed by atoms with van der Waals surface area (Å²) in [5.41, 5.74) is 2.04. The van der Waals surface area contributed by atoms with Crippen molar-refractivity contribution in [2.24, 2.45) is 0 Å². The molecule has 1 amide bonds. The first-order chi connectivity index (χ1) is 9.09. The number of H-pyrrole nitrogens is 1. The lowest BCUT2D eigenvalue weighted by atomic mass is 10.0. The lowest BCUT2D eigenvalue weighted by Crippen LogP contribution is -2.27. The predicted molar refractivity (Wildman–Crippen MR) is 70.4 cm³/mol. The van der Waals surface area contributed by atoms with Gasteiger partial charge in [0.1, 0.15) is 6.10 Å². The molecule has 2 atom stereocenters. The van der Waals surface area contributed by atoms with E-state index in [1.807, 2.05) is 6.07 Å². The number of para-hydroxylation sites is 1. The summed E-state index contributed by atoms with van der Waals surface area (Å²) < 4.78 is 0. The average Bonchev–Trinajstić information content (AvgIpc) is 2.85. The molecule has 2 rings (SSSR count). The average molecular weight is 263 g/mol. The van der Waals surface area contributed by atoms with Crippen molar-refractivity contribution < 1.29 is 15.0 Å². The summed E-state index contributed by atoms with van der Waals surface area (Å²) in [4.78, 5) is 17.8. The number of carbonyl (C=O) groups is 1. The molecule has 0 fully saturated rings. The number of aromatic nitrogens is 2. The smallest absolute Gasteiger partial charge is 0.216 e. The minimum Gasteiger partial charge on any atom is -0.390 e. The summed E-state index contributed by atoms with van der Waals surface area (Å²) in [6, 6.07) is 5.37. The van der Waals surface area contributed by atoms with E-state index in [1.165, 1.54) is 6.92 Å².